The molecule has 1 heterocycles. The number of hydrogen-bond acceptors (Lipinski definition) is 4. The molecule has 0 aliphatic carbocycles. The van der Waals surface area contributed by atoms with Gasteiger partial charge in [0, 0.05) is 6.54 Å². The van der Waals surface area contributed by atoms with Crippen LogP contribution in [0.5, 0.6) is 11.6 Å². The first-order chi connectivity index (χ1) is 10.0. The van der Waals surface area contributed by atoms with Crippen LogP contribution in [0.3, 0.4) is 0 Å². The number of anilines is 1. The van der Waals surface area contributed by atoms with Gasteiger partial charge in [-0.15, -0.1) is 0 Å². The second-order valence-corrected chi connectivity index (χ2v) is 5.48. The highest BCUT2D eigenvalue weighted by Crippen LogP contribution is 2.32. The number of nitrogens with zero attached hydrogens (tertiary/aromatic N) is 2. The smallest absolute Gasteiger partial charge is 0.227 e. The molecule has 112 valence electrons. The zero-order valence-corrected chi connectivity index (χ0v) is 13.4. The van der Waals surface area contributed by atoms with E-state index in [1.807, 2.05) is 13.8 Å². The van der Waals surface area contributed by atoms with Crippen LogP contribution in [0.2, 0.25) is 0 Å². The second kappa shape index (κ2) is 6.57. The molecular weight excluding hydrogens is 262 g/mol. The number of aromatic nitrogens is 2. The number of nitrogens with one attached hydrogen (secondary N) is 1. The summed E-state index contributed by atoms with van der Waals surface area (Å²) >= 11 is 0. The molecule has 0 aliphatic heterocycles. The molecule has 1 aromatic heterocycles. The molecule has 0 bridgehead atoms. The van der Waals surface area contributed by atoms with Crippen molar-refractivity contribution in [1.29, 1.82) is 0 Å². The molecule has 0 saturated carbocycles. The lowest BCUT2D eigenvalue weighted by atomic mass is 10.0. The predicted octanol–water partition coefficient (Wildman–Crippen LogP) is 4.44. The molecule has 2 aromatic rings. The normalized spacial score (nSPS) is 10.8. The Hall–Kier alpha value is -2.10. The molecule has 0 unspecified atom stereocenters. The third kappa shape index (κ3) is 3.51. The molecule has 2 rings (SSSR count). The largest absolute Gasteiger partial charge is 0.438 e. The Morgan fingerprint density at radius 1 is 1.19 bits per heavy atom. The fraction of sp³-hybridized carbons (Fsp3) is 0.412. The number of hydrogen-bond donors (Lipinski definition) is 1. The lowest BCUT2D eigenvalue weighted by Gasteiger charge is -2.16. The summed E-state index contributed by atoms with van der Waals surface area (Å²) < 4.78 is 6.08. The monoisotopic (exact) mass is 285 g/mol. The van der Waals surface area contributed by atoms with Gasteiger partial charge in [0.1, 0.15) is 17.9 Å². The van der Waals surface area contributed by atoms with Gasteiger partial charge in [-0.05, 0) is 43.9 Å². The van der Waals surface area contributed by atoms with Gasteiger partial charge in [-0.2, -0.15) is 0 Å². The van der Waals surface area contributed by atoms with Crippen molar-refractivity contribution >= 4 is 5.82 Å². The van der Waals surface area contributed by atoms with Crippen molar-refractivity contribution in [3.8, 4) is 11.6 Å². The Labute approximate surface area is 126 Å². The van der Waals surface area contributed by atoms with Crippen LogP contribution in [-0.2, 0) is 0 Å². The van der Waals surface area contributed by atoms with Crippen LogP contribution < -0.4 is 10.1 Å². The Kier molecular flexibility index (Phi) is 4.78. The molecule has 0 spiro atoms. The summed E-state index contributed by atoms with van der Waals surface area (Å²) in [5.74, 6) is 2.69. The minimum Gasteiger partial charge on any atom is -0.438 e. The van der Waals surface area contributed by atoms with E-state index in [1.54, 1.807) is 0 Å². The highest BCUT2D eigenvalue weighted by molar-refractivity contribution is 5.50. The summed E-state index contributed by atoms with van der Waals surface area (Å²) in [6, 6.07) is 6.29. The number of ether oxygens (including phenoxy) is 1. The zero-order chi connectivity index (χ0) is 15.4. The van der Waals surface area contributed by atoms with Crippen LogP contribution in [0.4, 0.5) is 5.82 Å². The Bertz CT molecular complexity index is 623. The van der Waals surface area contributed by atoms with Gasteiger partial charge in [-0.25, -0.2) is 9.97 Å². The maximum Gasteiger partial charge on any atom is 0.227 e. The maximum atomic E-state index is 6.08. The third-order valence-corrected chi connectivity index (χ3v) is 3.38. The minimum absolute atomic E-state index is 0.399. The average molecular weight is 285 g/mol. The van der Waals surface area contributed by atoms with Crippen molar-refractivity contribution in [2.45, 2.75) is 40.5 Å². The molecule has 0 atom stereocenters. The molecule has 0 fully saturated rings. The topological polar surface area (TPSA) is 47.0 Å². The van der Waals surface area contributed by atoms with E-state index in [2.05, 4.69) is 54.3 Å². The van der Waals surface area contributed by atoms with Crippen LogP contribution in [0.25, 0.3) is 0 Å². The first-order valence-electron chi connectivity index (χ1n) is 7.36. The van der Waals surface area contributed by atoms with Crippen LogP contribution in [-0.4, -0.2) is 16.5 Å². The molecule has 0 radical (unpaired) electrons. The van der Waals surface area contributed by atoms with Gasteiger partial charge >= 0.3 is 0 Å². The molecule has 4 nitrogen and oxygen atoms in total. The average Bonchev–Trinajstić information content (AvgIpc) is 2.43. The van der Waals surface area contributed by atoms with Crippen molar-refractivity contribution < 1.29 is 4.74 Å². The fourth-order valence-electron chi connectivity index (χ4n) is 2.19. The molecule has 21 heavy (non-hydrogen) atoms. The van der Waals surface area contributed by atoms with E-state index >= 15 is 0 Å². The standard InChI is InChI=1S/C17H23N3O/c1-6-18-16-13(5)17(20-10-19-16)21-15-9-12(4)7-8-14(15)11(2)3/h7-11H,6H2,1-5H3,(H,18,19,20). The summed E-state index contributed by atoms with van der Waals surface area (Å²) in [6.45, 7) is 11.2. The number of aryl methyl sites for hydroxylation is 1. The van der Waals surface area contributed by atoms with Gasteiger partial charge in [0.25, 0.3) is 0 Å². The summed E-state index contributed by atoms with van der Waals surface area (Å²) in [4.78, 5) is 8.52. The highest BCUT2D eigenvalue weighted by Gasteiger charge is 2.13. The van der Waals surface area contributed by atoms with E-state index in [0.29, 0.717) is 11.8 Å². The minimum atomic E-state index is 0.399. The van der Waals surface area contributed by atoms with E-state index in [0.717, 1.165) is 23.7 Å². The van der Waals surface area contributed by atoms with Gasteiger partial charge < -0.3 is 10.1 Å². The second-order valence-electron chi connectivity index (χ2n) is 5.48. The number of rotatable bonds is 5. The Balaban J connectivity index is 2.38. The van der Waals surface area contributed by atoms with E-state index < -0.39 is 0 Å². The van der Waals surface area contributed by atoms with Crippen molar-refractivity contribution in [3.05, 3.63) is 41.2 Å². The SMILES string of the molecule is CCNc1ncnc(Oc2cc(C)ccc2C(C)C)c1C. The molecular formula is C17H23N3O. The molecule has 4 heteroatoms. The summed E-state index contributed by atoms with van der Waals surface area (Å²) in [7, 11) is 0. The lowest BCUT2D eigenvalue weighted by Crippen LogP contribution is -2.04. The molecule has 1 aromatic carbocycles. The predicted molar refractivity (Wildman–Crippen MR) is 86.3 cm³/mol. The highest BCUT2D eigenvalue weighted by atomic mass is 16.5. The van der Waals surface area contributed by atoms with E-state index in [4.69, 9.17) is 4.74 Å². The van der Waals surface area contributed by atoms with Gasteiger partial charge in [-0.3, -0.25) is 0 Å². The van der Waals surface area contributed by atoms with Crippen molar-refractivity contribution in [3.63, 3.8) is 0 Å². The molecule has 0 saturated heterocycles. The van der Waals surface area contributed by atoms with Gasteiger partial charge in [0.05, 0.1) is 5.56 Å². The van der Waals surface area contributed by atoms with Crippen LogP contribution in [0.15, 0.2) is 24.5 Å². The van der Waals surface area contributed by atoms with Crippen molar-refractivity contribution in [2.75, 3.05) is 11.9 Å². The molecule has 0 amide bonds. The third-order valence-electron chi connectivity index (χ3n) is 3.38. The fourth-order valence-corrected chi connectivity index (χ4v) is 2.19. The maximum absolute atomic E-state index is 6.08. The summed E-state index contributed by atoms with van der Waals surface area (Å²) in [5, 5.41) is 3.22. The van der Waals surface area contributed by atoms with Crippen LogP contribution in [0.1, 0.15) is 43.4 Å². The first kappa shape index (κ1) is 15.3. The van der Waals surface area contributed by atoms with E-state index in [-0.39, 0.29) is 0 Å². The van der Waals surface area contributed by atoms with Gasteiger partial charge in [0.2, 0.25) is 5.88 Å². The van der Waals surface area contributed by atoms with Crippen LogP contribution in [0, 0.1) is 13.8 Å². The molecule has 0 aliphatic rings. The molecule has 1 N–H and O–H groups in total. The Morgan fingerprint density at radius 2 is 1.95 bits per heavy atom. The summed E-state index contributed by atoms with van der Waals surface area (Å²) in [6.07, 6.45) is 1.53. The van der Waals surface area contributed by atoms with E-state index in [9.17, 15) is 0 Å². The van der Waals surface area contributed by atoms with Crippen molar-refractivity contribution in [1.82, 2.24) is 9.97 Å². The van der Waals surface area contributed by atoms with E-state index in [1.165, 1.54) is 17.5 Å². The Morgan fingerprint density at radius 3 is 2.62 bits per heavy atom. The zero-order valence-electron chi connectivity index (χ0n) is 13.4. The first-order valence-corrected chi connectivity index (χ1v) is 7.36. The lowest BCUT2D eigenvalue weighted by molar-refractivity contribution is 0.449. The van der Waals surface area contributed by atoms with Crippen LogP contribution >= 0.6 is 0 Å². The number of benzene rings is 1. The van der Waals surface area contributed by atoms with Crippen molar-refractivity contribution in [2.24, 2.45) is 0 Å². The quantitative estimate of drug-likeness (QED) is 0.882. The van der Waals surface area contributed by atoms with Gasteiger partial charge in [-0.1, -0.05) is 26.0 Å². The van der Waals surface area contributed by atoms with Gasteiger partial charge in [0.15, 0.2) is 0 Å². The summed E-state index contributed by atoms with van der Waals surface area (Å²) in [5.41, 5.74) is 3.28.